The first-order chi connectivity index (χ1) is 22.9. The summed E-state index contributed by atoms with van der Waals surface area (Å²) in [6.07, 6.45) is 3.82. The molecule has 214 valence electrons. The highest BCUT2D eigenvalue weighted by Gasteiger charge is 2.45. The molecule has 5 nitrogen and oxygen atoms in total. The molecule has 0 fully saturated rings. The molecule has 2 aliphatic rings. The third kappa shape index (κ3) is 3.41. The molecule has 8 aromatic rings. The molecule has 5 heterocycles. The molecule has 3 aromatic heterocycles. The number of hydrogen-bond donors (Lipinski definition) is 0. The van der Waals surface area contributed by atoms with E-state index in [1.54, 1.807) is 0 Å². The zero-order valence-corrected chi connectivity index (χ0v) is 24.8. The summed E-state index contributed by atoms with van der Waals surface area (Å²) in [6.45, 7) is -0.0411. The smallest absolute Gasteiger partial charge is 0.256 e. The van der Waals surface area contributed by atoms with E-state index in [4.69, 9.17) is 9.97 Å². The molecule has 0 bridgehead atoms. The van der Waals surface area contributed by atoms with E-state index in [2.05, 4.69) is 160 Å². The van der Waals surface area contributed by atoms with Gasteiger partial charge in [0.25, 0.3) is 6.71 Å². The van der Waals surface area contributed by atoms with Crippen LogP contribution in [0.4, 0.5) is 34.4 Å². The van der Waals surface area contributed by atoms with E-state index in [9.17, 15) is 0 Å². The third-order valence-electron chi connectivity index (χ3n) is 9.43. The molecule has 0 saturated heterocycles. The Labute approximate surface area is 266 Å². The van der Waals surface area contributed by atoms with Crippen molar-refractivity contribution in [1.82, 2.24) is 14.5 Å². The van der Waals surface area contributed by atoms with Gasteiger partial charge in [0.2, 0.25) is 0 Å². The quantitative estimate of drug-likeness (QED) is 0.199. The molecule has 0 amide bonds. The molecule has 0 saturated carbocycles. The molecule has 2 aliphatic heterocycles. The molecule has 0 aliphatic carbocycles. The lowest BCUT2D eigenvalue weighted by molar-refractivity contribution is 1.15. The van der Waals surface area contributed by atoms with Crippen LogP contribution in [0.5, 0.6) is 0 Å². The molecule has 6 heteroatoms. The van der Waals surface area contributed by atoms with Crippen molar-refractivity contribution in [2.24, 2.45) is 0 Å². The molecule has 5 aromatic carbocycles. The summed E-state index contributed by atoms with van der Waals surface area (Å²) in [6, 6.07) is 51.8. The first-order valence-electron chi connectivity index (χ1n) is 15.6. The molecular formula is C40H26BN5. The highest BCUT2D eigenvalue weighted by Crippen LogP contribution is 2.49. The van der Waals surface area contributed by atoms with E-state index in [-0.39, 0.29) is 6.71 Å². The maximum absolute atomic E-state index is 5.11. The van der Waals surface area contributed by atoms with Crippen molar-refractivity contribution in [2.75, 3.05) is 9.80 Å². The summed E-state index contributed by atoms with van der Waals surface area (Å²) in [5.41, 5.74) is 11.5. The van der Waals surface area contributed by atoms with Crippen molar-refractivity contribution in [1.29, 1.82) is 0 Å². The van der Waals surface area contributed by atoms with Crippen LogP contribution < -0.4 is 26.2 Å². The van der Waals surface area contributed by atoms with Crippen LogP contribution in [0.15, 0.2) is 158 Å². The summed E-state index contributed by atoms with van der Waals surface area (Å²) in [4.78, 5) is 14.9. The normalized spacial score (nSPS) is 13.1. The predicted octanol–water partition coefficient (Wildman–Crippen LogP) is 7.66. The standard InChI is InChI=1S/C40H26BN5/c1-4-14-27(15-5-1)44-33-23-11-10-20-30(33)36-34(44)26-35-37-38(36)46(29-18-8-3-9-19-29)40-32(22-13-25-43-40)41(37)31-21-12-24-42-39(31)45(35)28-16-6-2-7-17-28/h1-26H. The maximum atomic E-state index is 5.11. The number of rotatable bonds is 3. The van der Waals surface area contributed by atoms with Gasteiger partial charge in [-0.2, -0.15) is 0 Å². The summed E-state index contributed by atoms with van der Waals surface area (Å²) in [5, 5.41) is 2.42. The topological polar surface area (TPSA) is 37.2 Å². The fraction of sp³-hybridized carbons (Fsp3) is 0. The Balaban J connectivity index is 1.45. The monoisotopic (exact) mass is 587 g/mol. The molecule has 0 N–H and O–H groups in total. The number of para-hydroxylation sites is 4. The molecule has 0 spiro atoms. The fourth-order valence-electron chi connectivity index (χ4n) is 7.67. The average Bonchev–Trinajstić information content (AvgIpc) is 3.46. The lowest BCUT2D eigenvalue weighted by atomic mass is 9.34. The second kappa shape index (κ2) is 9.68. The lowest BCUT2D eigenvalue weighted by Gasteiger charge is -2.43. The van der Waals surface area contributed by atoms with Crippen LogP contribution >= 0.6 is 0 Å². The minimum absolute atomic E-state index is 0.0411. The summed E-state index contributed by atoms with van der Waals surface area (Å²) in [5.74, 6) is 1.89. The van der Waals surface area contributed by atoms with Crippen LogP contribution in [-0.2, 0) is 0 Å². The highest BCUT2D eigenvalue weighted by molar-refractivity contribution is 7.00. The van der Waals surface area contributed by atoms with Crippen LogP contribution in [0.25, 0.3) is 27.5 Å². The fourth-order valence-corrected chi connectivity index (χ4v) is 7.67. The number of anilines is 6. The molecule has 0 atom stereocenters. The van der Waals surface area contributed by atoms with Gasteiger partial charge in [0.1, 0.15) is 11.6 Å². The average molecular weight is 587 g/mol. The van der Waals surface area contributed by atoms with Crippen molar-refractivity contribution < 1.29 is 0 Å². The highest BCUT2D eigenvalue weighted by atomic mass is 15.2. The Hall–Kier alpha value is -6.14. The van der Waals surface area contributed by atoms with E-state index >= 15 is 0 Å². The predicted molar refractivity (Wildman–Crippen MR) is 190 cm³/mol. The van der Waals surface area contributed by atoms with Crippen molar-refractivity contribution in [3.63, 3.8) is 0 Å². The van der Waals surface area contributed by atoms with Gasteiger partial charge in [-0.25, -0.2) is 9.97 Å². The molecule has 0 unspecified atom stereocenters. The van der Waals surface area contributed by atoms with Gasteiger partial charge in [0.05, 0.1) is 16.7 Å². The first-order valence-corrected chi connectivity index (χ1v) is 15.6. The van der Waals surface area contributed by atoms with Crippen LogP contribution in [0.2, 0.25) is 0 Å². The largest absolute Gasteiger partial charge is 0.309 e. The number of fused-ring (bicyclic) bond motifs is 8. The Kier molecular flexibility index (Phi) is 5.31. The van der Waals surface area contributed by atoms with Gasteiger partial charge < -0.3 is 4.57 Å². The van der Waals surface area contributed by atoms with Gasteiger partial charge in [0, 0.05) is 45.9 Å². The molecule has 0 radical (unpaired) electrons. The maximum Gasteiger partial charge on any atom is 0.256 e. The van der Waals surface area contributed by atoms with Crippen molar-refractivity contribution in [2.45, 2.75) is 0 Å². The second-order valence-electron chi connectivity index (χ2n) is 11.8. The minimum atomic E-state index is -0.0411. The van der Waals surface area contributed by atoms with Crippen molar-refractivity contribution >= 4 is 79.3 Å². The van der Waals surface area contributed by atoms with Crippen LogP contribution in [0, 0.1) is 0 Å². The Morgan fingerprint density at radius 2 is 1.02 bits per heavy atom. The summed E-state index contributed by atoms with van der Waals surface area (Å²) in [7, 11) is 0. The van der Waals surface area contributed by atoms with Gasteiger partial charge in [-0.15, -0.1) is 0 Å². The minimum Gasteiger partial charge on any atom is -0.309 e. The van der Waals surface area contributed by atoms with Crippen LogP contribution in [0.3, 0.4) is 0 Å². The van der Waals surface area contributed by atoms with Crippen molar-refractivity contribution in [3.8, 4) is 5.69 Å². The number of nitrogens with zero attached hydrogens (tertiary/aromatic N) is 5. The molecule has 10 rings (SSSR count). The zero-order chi connectivity index (χ0) is 30.2. The number of benzene rings is 5. The molecule has 46 heavy (non-hydrogen) atoms. The van der Waals surface area contributed by atoms with E-state index in [1.807, 2.05) is 12.4 Å². The van der Waals surface area contributed by atoms with Crippen molar-refractivity contribution in [3.05, 3.63) is 158 Å². The summed E-state index contributed by atoms with van der Waals surface area (Å²) >= 11 is 0. The first kappa shape index (κ1) is 25.2. The van der Waals surface area contributed by atoms with Gasteiger partial charge in [-0.1, -0.05) is 84.9 Å². The Bertz CT molecular complexity index is 2430. The van der Waals surface area contributed by atoms with Gasteiger partial charge in [-0.3, -0.25) is 9.80 Å². The Morgan fingerprint density at radius 3 is 1.67 bits per heavy atom. The zero-order valence-electron chi connectivity index (χ0n) is 24.8. The van der Waals surface area contributed by atoms with E-state index in [0.717, 1.165) is 45.6 Å². The third-order valence-corrected chi connectivity index (χ3v) is 9.43. The van der Waals surface area contributed by atoms with E-state index < -0.39 is 0 Å². The Morgan fingerprint density at radius 1 is 0.478 bits per heavy atom. The van der Waals surface area contributed by atoms with E-state index in [1.165, 1.54) is 32.7 Å². The lowest BCUT2D eigenvalue weighted by Crippen LogP contribution is -2.61. The number of aromatic nitrogens is 3. The van der Waals surface area contributed by atoms with Gasteiger partial charge >= 0.3 is 0 Å². The van der Waals surface area contributed by atoms with Crippen LogP contribution in [-0.4, -0.2) is 21.2 Å². The number of hydrogen-bond acceptors (Lipinski definition) is 4. The van der Waals surface area contributed by atoms with Gasteiger partial charge in [-0.05, 0) is 77.1 Å². The second-order valence-corrected chi connectivity index (χ2v) is 11.8. The molecular weight excluding hydrogens is 561 g/mol. The SMILES string of the molecule is c1ccc(N2c3cc4c(c5c3B(c3cccnc32)c2cccnc2N5c2ccccc2)c2ccccc2n4-c2ccccc2)cc1. The van der Waals surface area contributed by atoms with Crippen LogP contribution in [0.1, 0.15) is 0 Å². The van der Waals surface area contributed by atoms with Gasteiger partial charge in [0.15, 0.2) is 0 Å². The number of pyridine rings is 2. The van der Waals surface area contributed by atoms with E-state index in [0.29, 0.717) is 0 Å². The summed E-state index contributed by atoms with van der Waals surface area (Å²) < 4.78 is 2.41.